The lowest BCUT2D eigenvalue weighted by atomic mass is 9.95. The number of hydrogen-bond acceptors (Lipinski definition) is 5. The van der Waals surface area contributed by atoms with Gasteiger partial charge in [-0.1, -0.05) is 0 Å². The lowest BCUT2D eigenvalue weighted by molar-refractivity contribution is 0.561. The Morgan fingerprint density at radius 2 is 1.60 bits per heavy atom. The van der Waals surface area contributed by atoms with Crippen molar-refractivity contribution < 1.29 is 24.0 Å². The fourth-order valence-electron chi connectivity index (χ4n) is 1.28. The minimum absolute atomic E-state index is 0.0154. The number of allylic oxidation sites excluding steroid dienone is 3. The van der Waals surface area contributed by atoms with E-state index in [0.29, 0.717) is 12.8 Å². The zero-order valence-corrected chi connectivity index (χ0v) is 10.2. The first-order valence-electron chi connectivity index (χ1n) is 5.27. The maximum absolute atomic E-state index is 10.9. The fourth-order valence-corrected chi connectivity index (χ4v) is 1.28. The number of unbranched alkanes of at least 4 members (excludes halogenated alkanes) is 1. The van der Waals surface area contributed by atoms with Crippen molar-refractivity contribution in [3.8, 4) is 0 Å². The highest BCUT2D eigenvalue weighted by Gasteiger charge is 2.19. The summed E-state index contributed by atoms with van der Waals surface area (Å²) in [4.78, 5) is 55.6. The lowest BCUT2D eigenvalue weighted by Gasteiger charge is -2.03. The van der Waals surface area contributed by atoms with Gasteiger partial charge < -0.3 is 0 Å². The molecule has 0 atom stereocenters. The minimum Gasteiger partial charge on any atom is -0.247 e. The second-order valence-electron chi connectivity index (χ2n) is 3.31. The van der Waals surface area contributed by atoms with Crippen molar-refractivity contribution in [3.63, 3.8) is 0 Å². The Morgan fingerprint density at radius 3 is 2.00 bits per heavy atom. The Labute approximate surface area is 113 Å². The SMILES string of the molecule is [C-]#[N+]C(=C=O)C(=C=O)C(=C=O)C(=C=O)CCCC=C=O. The Balaban J connectivity index is 5.47. The van der Waals surface area contributed by atoms with Gasteiger partial charge in [0.25, 0.3) is 5.70 Å². The summed E-state index contributed by atoms with van der Waals surface area (Å²) in [5.74, 6) is 6.77. The summed E-state index contributed by atoms with van der Waals surface area (Å²) < 4.78 is 0. The van der Waals surface area contributed by atoms with Gasteiger partial charge in [0.15, 0.2) is 0 Å². The topological polar surface area (TPSA) is 89.7 Å². The molecule has 0 amide bonds. The van der Waals surface area contributed by atoms with Crippen molar-refractivity contribution in [3.05, 3.63) is 39.9 Å². The molecule has 20 heavy (non-hydrogen) atoms. The second kappa shape index (κ2) is 9.74. The molecule has 0 aromatic rings. The summed E-state index contributed by atoms with van der Waals surface area (Å²) in [5, 5.41) is 0. The van der Waals surface area contributed by atoms with Gasteiger partial charge in [-0.3, -0.25) is 0 Å². The third kappa shape index (κ3) is 4.55. The Hall–Kier alpha value is -3.26. The molecular weight excluding hydrogens is 262 g/mol. The molecular formula is C14H7NO5. The van der Waals surface area contributed by atoms with Crippen LogP contribution in [0.4, 0.5) is 0 Å². The van der Waals surface area contributed by atoms with E-state index < -0.39 is 16.8 Å². The smallest absolute Gasteiger partial charge is 0.247 e. The second-order valence-corrected chi connectivity index (χ2v) is 3.31. The van der Waals surface area contributed by atoms with Gasteiger partial charge in [-0.05, 0) is 25.3 Å². The highest BCUT2D eigenvalue weighted by molar-refractivity contribution is 5.89. The van der Waals surface area contributed by atoms with Crippen molar-refractivity contribution in [1.82, 2.24) is 0 Å². The van der Waals surface area contributed by atoms with Crippen LogP contribution in [0.5, 0.6) is 0 Å². The van der Waals surface area contributed by atoms with Gasteiger partial charge in [-0.2, -0.15) is 0 Å². The van der Waals surface area contributed by atoms with Gasteiger partial charge in [0, 0.05) is 0 Å². The molecule has 6 nitrogen and oxygen atoms in total. The lowest BCUT2D eigenvalue weighted by Crippen LogP contribution is -2.00. The minimum atomic E-state index is -0.765. The first-order valence-corrected chi connectivity index (χ1v) is 5.27. The van der Waals surface area contributed by atoms with Gasteiger partial charge in [-0.15, -0.1) is 0 Å². The van der Waals surface area contributed by atoms with Crippen LogP contribution < -0.4 is 0 Å². The average Bonchev–Trinajstić information content (AvgIpc) is 2.49. The molecule has 98 valence electrons. The van der Waals surface area contributed by atoms with E-state index in [2.05, 4.69) is 4.85 Å². The van der Waals surface area contributed by atoms with Crippen LogP contribution >= 0.6 is 0 Å². The molecule has 0 saturated carbocycles. The molecule has 0 radical (unpaired) electrons. The third-order valence-corrected chi connectivity index (χ3v) is 2.18. The van der Waals surface area contributed by atoms with Crippen LogP contribution in [0, 0.1) is 6.57 Å². The molecule has 0 unspecified atom stereocenters. The molecule has 0 aromatic carbocycles. The first-order chi connectivity index (χ1) is 9.69. The van der Waals surface area contributed by atoms with Gasteiger partial charge >= 0.3 is 0 Å². The van der Waals surface area contributed by atoms with Crippen molar-refractivity contribution in [2.75, 3.05) is 0 Å². The predicted octanol–water partition coefficient (Wildman–Crippen LogP) is 0.453. The summed E-state index contributed by atoms with van der Waals surface area (Å²) in [7, 11) is 0. The number of hydrogen-bond donors (Lipinski definition) is 0. The van der Waals surface area contributed by atoms with E-state index in [0.717, 1.165) is 0 Å². The van der Waals surface area contributed by atoms with Crippen LogP contribution in [0.1, 0.15) is 19.3 Å². The van der Waals surface area contributed by atoms with Crippen molar-refractivity contribution >= 4 is 29.7 Å². The van der Waals surface area contributed by atoms with E-state index in [1.165, 1.54) is 29.8 Å². The van der Waals surface area contributed by atoms with Gasteiger partial charge in [0.1, 0.15) is 29.7 Å². The largest absolute Gasteiger partial charge is 0.287 e. The third-order valence-electron chi connectivity index (χ3n) is 2.18. The Kier molecular flexibility index (Phi) is 8.15. The molecule has 0 bridgehead atoms. The van der Waals surface area contributed by atoms with Crippen molar-refractivity contribution in [1.29, 1.82) is 0 Å². The summed E-state index contributed by atoms with van der Waals surface area (Å²) in [5.41, 5.74) is -2.21. The standard InChI is InChI=1S/C14H7NO5/c1-15-14(10-20)13(9-19)12(8-18)11(7-17)5-3-2-4-6-16/h4H,2-3,5H2. The molecule has 0 aliphatic carbocycles. The van der Waals surface area contributed by atoms with Gasteiger partial charge in [0.05, 0.1) is 23.3 Å². The molecule has 0 aliphatic heterocycles. The van der Waals surface area contributed by atoms with Crippen LogP contribution in [0.15, 0.2) is 28.5 Å². The quantitative estimate of drug-likeness (QED) is 0.290. The number of carbonyl (C=O) groups excluding carboxylic acids is 5. The van der Waals surface area contributed by atoms with Crippen LogP contribution in [-0.2, 0) is 24.0 Å². The number of rotatable bonds is 7. The Bertz CT molecular complexity index is 678. The molecule has 0 aliphatic rings. The highest BCUT2D eigenvalue weighted by Crippen LogP contribution is 2.23. The van der Waals surface area contributed by atoms with Crippen LogP contribution in [0.3, 0.4) is 0 Å². The maximum Gasteiger partial charge on any atom is 0.287 e. The maximum atomic E-state index is 10.9. The number of nitrogens with zero attached hydrogens (tertiary/aromatic N) is 1. The fraction of sp³-hybridized carbons (Fsp3) is 0.214. The summed E-state index contributed by atoms with van der Waals surface area (Å²) in [6, 6.07) is 0. The molecule has 0 N–H and O–H groups in total. The monoisotopic (exact) mass is 269 g/mol. The summed E-state index contributed by atoms with van der Waals surface area (Å²) in [6.07, 6.45) is 1.83. The molecule has 0 saturated heterocycles. The zero-order valence-electron chi connectivity index (χ0n) is 10.2. The van der Waals surface area contributed by atoms with Crippen molar-refractivity contribution in [2.45, 2.75) is 19.3 Å². The molecule has 0 spiro atoms. The zero-order chi connectivity index (χ0) is 15.4. The van der Waals surface area contributed by atoms with Crippen LogP contribution in [0.25, 0.3) is 4.85 Å². The highest BCUT2D eigenvalue weighted by atomic mass is 16.1. The molecule has 0 fully saturated rings. The van der Waals surface area contributed by atoms with E-state index in [9.17, 15) is 24.0 Å². The summed E-state index contributed by atoms with van der Waals surface area (Å²) in [6.45, 7) is 6.68. The average molecular weight is 269 g/mol. The summed E-state index contributed by atoms with van der Waals surface area (Å²) >= 11 is 0. The Morgan fingerprint density at radius 1 is 0.950 bits per heavy atom. The van der Waals surface area contributed by atoms with E-state index in [4.69, 9.17) is 6.57 Å². The van der Waals surface area contributed by atoms with E-state index in [-0.39, 0.29) is 12.0 Å². The predicted molar refractivity (Wildman–Crippen MR) is 67.5 cm³/mol. The molecule has 0 heterocycles. The molecule has 0 rings (SSSR count). The van der Waals surface area contributed by atoms with E-state index in [1.54, 1.807) is 5.94 Å². The van der Waals surface area contributed by atoms with E-state index in [1.807, 2.05) is 0 Å². The van der Waals surface area contributed by atoms with Crippen LogP contribution in [0.2, 0.25) is 0 Å². The van der Waals surface area contributed by atoms with Crippen molar-refractivity contribution in [2.24, 2.45) is 0 Å². The van der Waals surface area contributed by atoms with E-state index >= 15 is 0 Å². The normalized spacial score (nSPS) is 7.55. The van der Waals surface area contributed by atoms with Crippen LogP contribution in [-0.4, -0.2) is 29.7 Å². The molecule has 6 heteroatoms. The van der Waals surface area contributed by atoms with Gasteiger partial charge in [0.2, 0.25) is 0 Å². The first kappa shape index (κ1) is 16.7. The molecule has 0 aromatic heterocycles. The van der Waals surface area contributed by atoms with Gasteiger partial charge in [-0.25, -0.2) is 28.8 Å².